The molecule has 0 saturated heterocycles. The number of nitrogens with one attached hydrogen (secondary N) is 2. The van der Waals surface area contributed by atoms with Gasteiger partial charge in [0.25, 0.3) is 5.91 Å². The van der Waals surface area contributed by atoms with E-state index >= 15 is 0 Å². The van der Waals surface area contributed by atoms with Crippen molar-refractivity contribution >= 4 is 29.2 Å². The normalized spacial score (nSPS) is 11.7. The Labute approximate surface area is 152 Å². The van der Waals surface area contributed by atoms with Crippen LogP contribution in [0.1, 0.15) is 29.7 Å². The number of anilines is 1. The van der Waals surface area contributed by atoms with Crippen LogP contribution in [-0.4, -0.2) is 18.5 Å². The van der Waals surface area contributed by atoms with E-state index in [0.717, 1.165) is 16.7 Å². The Morgan fingerprint density at radius 2 is 1.80 bits per heavy atom. The van der Waals surface area contributed by atoms with Gasteiger partial charge in [-0.3, -0.25) is 10.1 Å². The summed E-state index contributed by atoms with van der Waals surface area (Å²) in [4.78, 5) is 23.9. The molecule has 2 aromatic carbocycles. The summed E-state index contributed by atoms with van der Waals surface area (Å²) in [5.74, 6) is -0.344. The summed E-state index contributed by atoms with van der Waals surface area (Å²) in [7, 11) is 0. The van der Waals surface area contributed by atoms with Crippen LogP contribution in [0.15, 0.2) is 42.5 Å². The van der Waals surface area contributed by atoms with Crippen LogP contribution in [0, 0.1) is 13.8 Å². The molecule has 2 aromatic rings. The van der Waals surface area contributed by atoms with Crippen LogP contribution < -0.4 is 16.0 Å². The minimum Gasteiger partial charge on any atom is -0.333 e. The molecule has 25 heavy (non-hydrogen) atoms. The Morgan fingerprint density at radius 3 is 2.44 bits per heavy atom. The number of benzene rings is 2. The van der Waals surface area contributed by atoms with Gasteiger partial charge in [-0.25, -0.2) is 4.79 Å². The zero-order valence-electron chi connectivity index (χ0n) is 14.6. The van der Waals surface area contributed by atoms with E-state index in [1.54, 1.807) is 0 Å². The highest BCUT2D eigenvalue weighted by Gasteiger charge is 2.14. The maximum absolute atomic E-state index is 11.9. The SMILES string of the molecule is Cc1ccc(NC(=O)NC(=O)C[NH2+][C@H](C)c2ccc(Cl)cc2)c(C)c1. The van der Waals surface area contributed by atoms with Crippen molar-refractivity contribution in [2.24, 2.45) is 0 Å². The lowest BCUT2D eigenvalue weighted by Crippen LogP contribution is -2.87. The lowest BCUT2D eigenvalue weighted by molar-refractivity contribution is -0.682. The molecule has 0 aliphatic carbocycles. The molecule has 0 aromatic heterocycles. The van der Waals surface area contributed by atoms with E-state index in [-0.39, 0.29) is 18.5 Å². The van der Waals surface area contributed by atoms with E-state index in [9.17, 15) is 9.59 Å². The topological polar surface area (TPSA) is 74.8 Å². The number of halogens is 1. The Bertz CT molecular complexity index is 760. The number of carbonyl (C=O) groups excluding carboxylic acids is 2. The van der Waals surface area contributed by atoms with Gasteiger partial charge in [0.2, 0.25) is 0 Å². The molecule has 0 heterocycles. The molecule has 0 radical (unpaired) electrons. The zero-order chi connectivity index (χ0) is 18.4. The van der Waals surface area contributed by atoms with E-state index in [0.29, 0.717) is 10.7 Å². The molecule has 0 saturated carbocycles. The van der Waals surface area contributed by atoms with Crippen LogP contribution >= 0.6 is 11.6 Å². The zero-order valence-corrected chi connectivity index (χ0v) is 15.4. The summed E-state index contributed by atoms with van der Waals surface area (Å²) in [6.45, 7) is 6.04. The van der Waals surface area contributed by atoms with Crippen molar-refractivity contribution in [3.63, 3.8) is 0 Å². The number of amides is 3. The first-order valence-corrected chi connectivity index (χ1v) is 8.50. The highest BCUT2D eigenvalue weighted by atomic mass is 35.5. The average molecular weight is 361 g/mol. The van der Waals surface area contributed by atoms with Crippen molar-refractivity contribution in [1.29, 1.82) is 0 Å². The molecule has 3 amide bonds. The summed E-state index contributed by atoms with van der Waals surface area (Å²) in [6.07, 6.45) is 0. The van der Waals surface area contributed by atoms with Crippen LogP contribution in [0.5, 0.6) is 0 Å². The van der Waals surface area contributed by atoms with Gasteiger partial charge >= 0.3 is 6.03 Å². The fraction of sp³-hybridized carbons (Fsp3) is 0.263. The first-order chi connectivity index (χ1) is 11.8. The maximum atomic E-state index is 11.9. The number of urea groups is 1. The lowest BCUT2D eigenvalue weighted by atomic mass is 10.1. The van der Waals surface area contributed by atoms with Gasteiger partial charge in [-0.05, 0) is 44.5 Å². The van der Waals surface area contributed by atoms with Crippen molar-refractivity contribution in [3.05, 3.63) is 64.2 Å². The minimum absolute atomic E-state index is 0.0884. The van der Waals surface area contributed by atoms with Gasteiger partial charge in [0.05, 0.1) is 0 Å². The number of nitrogens with two attached hydrogens (primary N) is 1. The van der Waals surface area contributed by atoms with Crippen LogP contribution in [0.25, 0.3) is 0 Å². The van der Waals surface area contributed by atoms with Crippen molar-refractivity contribution in [3.8, 4) is 0 Å². The van der Waals surface area contributed by atoms with Crippen LogP contribution in [0.4, 0.5) is 10.5 Å². The number of aryl methyl sites for hydroxylation is 2. The Kier molecular flexibility index (Phi) is 6.56. The van der Waals surface area contributed by atoms with E-state index in [2.05, 4.69) is 10.6 Å². The highest BCUT2D eigenvalue weighted by Crippen LogP contribution is 2.15. The molecule has 6 heteroatoms. The molecule has 4 N–H and O–H groups in total. The fourth-order valence-electron chi connectivity index (χ4n) is 2.47. The minimum atomic E-state index is -0.524. The predicted octanol–water partition coefficient (Wildman–Crippen LogP) is 2.93. The molecule has 0 aliphatic rings. The first-order valence-electron chi connectivity index (χ1n) is 8.12. The Balaban J connectivity index is 1.81. The van der Waals surface area contributed by atoms with Gasteiger partial charge in [-0.2, -0.15) is 0 Å². The second kappa shape index (κ2) is 8.65. The van der Waals surface area contributed by atoms with E-state index < -0.39 is 6.03 Å². The van der Waals surface area contributed by atoms with Crippen LogP contribution in [0.3, 0.4) is 0 Å². The summed E-state index contributed by atoms with van der Waals surface area (Å²) in [5, 5.41) is 7.58. The second-order valence-electron chi connectivity index (χ2n) is 6.10. The first kappa shape index (κ1) is 19.0. The fourth-order valence-corrected chi connectivity index (χ4v) is 2.60. The van der Waals surface area contributed by atoms with Crippen LogP contribution in [-0.2, 0) is 4.79 Å². The van der Waals surface area contributed by atoms with Gasteiger partial charge in [-0.15, -0.1) is 0 Å². The third-order valence-corrected chi connectivity index (χ3v) is 4.19. The molecule has 0 fully saturated rings. The molecule has 0 unspecified atom stereocenters. The molecule has 132 valence electrons. The number of imide groups is 1. The number of hydrogen-bond acceptors (Lipinski definition) is 2. The highest BCUT2D eigenvalue weighted by molar-refractivity contribution is 6.30. The van der Waals surface area contributed by atoms with Gasteiger partial charge < -0.3 is 10.6 Å². The average Bonchev–Trinajstić information content (AvgIpc) is 2.56. The monoisotopic (exact) mass is 360 g/mol. The third kappa shape index (κ3) is 5.89. The lowest BCUT2D eigenvalue weighted by Gasteiger charge is -2.12. The van der Waals surface area contributed by atoms with Crippen molar-refractivity contribution in [1.82, 2.24) is 5.32 Å². The number of carbonyl (C=O) groups is 2. The molecular weight excluding hydrogens is 338 g/mol. The summed E-state index contributed by atoms with van der Waals surface area (Å²) in [5.41, 5.74) is 3.82. The van der Waals surface area contributed by atoms with Crippen LogP contribution in [0.2, 0.25) is 5.02 Å². The molecule has 2 rings (SSSR count). The standard InChI is InChI=1S/C19H22ClN3O2/c1-12-4-9-17(13(2)10-12)22-19(25)23-18(24)11-21-14(3)15-5-7-16(20)8-6-15/h4-10,14,21H,11H2,1-3H3,(H2,22,23,24,25)/p+1/t14-/m1/s1. The molecule has 0 spiro atoms. The van der Waals surface area contributed by atoms with E-state index in [1.165, 1.54) is 0 Å². The third-order valence-electron chi connectivity index (χ3n) is 3.94. The molecule has 0 aliphatic heterocycles. The van der Waals surface area contributed by atoms with Gasteiger partial charge in [0.1, 0.15) is 6.04 Å². The smallest absolute Gasteiger partial charge is 0.326 e. The summed E-state index contributed by atoms with van der Waals surface area (Å²) in [6, 6.07) is 12.8. The van der Waals surface area contributed by atoms with E-state index in [4.69, 9.17) is 11.6 Å². The predicted molar refractivity (Wildman–Crippen MR) is 99.7 cm³/mol. The number of hydrogen-bond donors (Lipinski definition) is 3. The van der Waals surface area contributed by atoms with Crippen molar-refractivity contribution in [2.75, 3.05) is 11.9 Å². The Hall–Kier alpha value is -2.37. The largest absolute Gasteiger partial charge is 0.333 e. The van der Waals surface area contributed by atoms with Gasteiger partial charge in [0.15, 0.2) is 6.54 Å². The molecular formula is C19H23ClN3O2+. The van der Waals surface area contributed by atoms with Crippen molar-refractivity contribution in [2.45, 2.75) is 26.8 Å². The number of quaternary nitrogens is 1. The summed E-state index contributed by atoms with van der Waals surface area (Å²) >= 11 is 5.87. The van der Waals surface area contributed by atoms with Gasteiger partial charge in [0, 0.05) is 16.3 Å². The molecule has 0 bridgehead atoms. The second-order valence-corrected chi connectivity index (χ2v) is 6.54. The Morgan fingerprint density at radius 1 is 1.12 bits per heavy atom. The molecule has 5 nitrogen and oxygen atoms in total. The van der Waals surface area contributed by atoms with Gasteiger partial charge in [-0.1, -0.05) is 41.4 Å². The van der Waals surface area contributed by atoms with E-state index in [1.807, 2.05) is 68.6 Å². The maximum Gasteiger partial charge on any atom is 0.326 e. The quantitative estimate of drug-likeness (QED) is 0.766. The summed E-state index contributed by atoms with van der Waals surface area (Å²) < 4.78 is 0. The number of rotatable bonds is 5. The van der Waals surface area contributed by atoms with Crippen molar-refractivity contribution < 1.29 is 14.9 Å². The molecule has 1 atom stereocenters.